The topological polar surface area (TPSA) is 66.5 Å². The van der Waals surface area contributed by atoms with Crippen molar-refractivity contribution in [2.24, 2.45) is 0 Å². The minimum atomic E-state index is -4.34. The van der Waals surface area contributed by atoms with Gasteiger partial charge in [0.05, 0.1) is 0 Å². The molecule has 1 heterocycles. The highest BCUT2D eigenvalue weighted by Gasteiger charge is 2.41. The zero-order valence-electron chi connectivity index (χ0n) is 11.1. The maximum Gasteiger partial charge on any atom is 0.246 e. The molecule has 21 heavy (non-hydrogen) atoms. The minimum Gasteiger partial charge on any atom is -0.338 e. The van der Waals surface area contributed by atoms with Crippen LogP contribution in [0.4, 0.5) is 8.78 Å². The molecule has 1 aliphatic carbocycles. The number of hydrogen-bond donors (Lipinski definition) is 1. The summed E-state index contributed by atoms with van der Waals surface area (Å²) in [7, 11) is -4.34. The lowest BCUT2D eigenvalue weighted by molar-refractivity contribution is -0.128. The summed E-state index contributed by atoms with van der Waals surface area (Å²) in [6.07, 6.45) is 1.87. The van der Waals surface area contributed by atoms with Gasteiger partial charge in [0, 0.05) is 25.0 Å². The average Bonchev–Trinajstić information content (AvgIpc) is 3.13. The van der Waals surface area contributed by atoms with Crippen LogP contribution in [0.25, 0.3) is 0 Å². The fourth-order valence-electron chi connectivity index (χ4n) is 2.57. The Kier molecular flexibility index (Phi) is 3.45. The van der Waals surface area contributed by atoms with E-state index in [-0.39, 0.29) is 24.9 Å². The van der Waals surface area contributed by atoms with E-state index in [0.717, 1.165) is 31.0 Å². The van der Waals surface area contributed by atoms with Crippen LogP contribution in [0.15, 0.2) is 23.1 Å². The van der Waals surface area contributed by atoms with Gasteiger partial charge >= 0.3 is 0 Å². The van der Waals surface area contributed by atoms with Crippen LogP contribution in [0.3, 0.4) is 0 Å². The molecule has 2 aliphatic rings. The largest absolute Gasteiger partial charge is 0.338 e. The van der Waals surface area contributed by atoms with Crippen LogP contribution >= 0.6 is 0 Å². The van der Waals surface area contributed by atoms with Gasteiger partial charge in [0.2, 0.25) is 15.9 Å². The molecule has 0 spiro atoms. The molecule has 1 aromatic carbocycles. The van der Waals surface area contributed by atoms with E-state index in [1.165, 1.54) is 0 Å². The Morgan fingerprint density at radius 3 is 2.38 bits per heavy atom. The van der Waals surface area contributed by atoms with Gasteiger partial charge in [-0.05, 0) is 25.0 Å². The molecule has 5 nitrogen and oxygen atoms in total. The third kappa shape index (κ3) is 2.77. The van der Waals surface area contributed by atoms with Gasteiger partial charge in [-0.15, -0.1) is 0 Å². The molecule has 0 aromatic heterocycles. The molecule has 1 saturated heterocycles. The summed E-state index contributed by atoms with van der Waals surface area (Å²) in [6, 6.07) is 2.40. The maximum atomic E-state index is 13.6. The van der Waals surface area contributed by atoms with E-state index < -0.39 is 32.6 Å². The second-order valence-electron chi connectivity index (χ2n) is 5.35. The molecule has 0 radical (unpaired) electrons. The van der Waals surface area contributed by atoms with Crippen molar-refractivity contribution in [3.63, 3.8) is 0 Å². The summed E-state index contributed by atoms with van der Waals surface area (Å²) in [6.45, 7) is 0.249. The Bertz CT molecular complexity index is 668. The van der Waals surface area contributed by atoms with E-state index >= 15 is 0 Å². The quantitative estimate of drug-likeness (QED) is 0.901. The number of halogens is 2. The fourth-order valence-corrected chi connectivity index (χ4v) is 3.93. The third-order valence-electron chi connectivity index (χ3n) is 3.66. The molecule has 0 bridgehead atoms. The van der Waals surface area contributed by atoms with Crippen LogP contribution in [0, 0.1) is 11.6 Å². The highest BCUT2D eigenvalue weighted by atomic mass is 32.2. The Balaban J connectivity index is 1.79. The van der Waals surface area contributed by atoms with E-state index in [0.29, 0.717) is 0 Å². The van der Waals surface area contributed by atoms with E-state index in [1.54, 1.807) is 4.90 Å². The number of carbonyl (C=O) groups excluding carboxylic acids is 1. The van der Waals surface area contributed by atoms with Crippen LogP contribution in [0.5, 0.6) is 0 Å². The van der Waals surface area contributed by atoms with Gasteiger partial charge in [-0.25, -0.2) is 21.9 Å². The molecule has 8 heteroatoms. The lowest BCUT2D eigenvalue weighted by atomic mass is 10.3. The summed E-state index contributed by atoms with van der Waals surface area (Å²) >= 11 is 0. The van der Waals surface area contributed by atoms with Gasteiger partial charge in [-0.1, -0.05) is 6.07 Å². The van der Waals surface area contributed by atoms with Gasteiger partial charge in [-0.3, -0.25) is 4.79 Å². The number of hydrogen-bond acceptors (Lipinski definition) is 3. The number of likely N-dealkylation sites (tertiary alicyclic amines) is 1. The van der Waals surface area contributed by atoms with Crippen LogP contribution in [0.2, 0.25) is 0 Å². The molecule has 1 N–H and O–H groups in total. The number of amides is 1. The smallest absolute Gasteiger partial charge is 0.246 e. The van der Waals surface area contributed by atoms with Crippen molar-refractivity contribution in [2.45, 2.75) is 36.2 Å². The number of carbonyl (C=O) groups is 1. The Hall–Kier alpha value is -1.54. The number of nitrogens with zero attached hydrogens (tertiary/aromatic N) is 1. The predicted molar refractivity (Wildman–Crippen MR) is 69.8 cm³/mol. The summed E-state index contributed by atoms with van der Waals surface area (Å²) in [5.74, 6) is -2.42. The number of nitrogens with one attached hydrogen (secondary N) is 1. The molecule has 3 rings (SSSR count). The zero-order valence-corrected chi connectivity index (χ0v) is 11.9. The fraction of sp³-hybridized carbons (Fsp3) is 0.462. The highest BCUT2D eigenvalue weighted by molar-refractivity contribution is 7.89. The maximum absolute atomic E-state index is 13.6. The Morgan fingerprint density at radius 2 is 1.81 bits per heavy atom. The molecular formula is C13H14F2N2O3S. The first kappa shape index (κ1) is 14.4. The molecule has 1 aliphatic heterocycles. The van der Waals surface area contributed by atoms with Crippen molar-refractivity contribution in [3.8, 4) is 0 Å². The van der Waals surface area contributed by atoms with E-state index in [1.807, 2.05) is 0 Å². The molecule has 1 saturated carbocycles. The summed E-state index contributed by atoms with van der Waals surface area (Å²) in [5.41, 5.74) is 0. The van der Waals surface area contributed by atoms with E-state index in [2.05, 4.69) is 4.72 Å². The number of sulfonamides is 1. The first-order chi connectivity index (χ1) is 9.88. The molecule has 1 atom stereocenters. The summed E-state index contributed by atoms with van der Waals surface area (Å²) < 4.78 is 53.6. The monoisotopic (exact) mass is 316 g/mol. The lowest BCUT2D eigenvalue weighted by Gasteiger charge is -2.16. The normalized spacial score (nSPS) is 22.9. The van der Waals surface area contributed by atoms with Crippen LogP contribution in [0.1, 0.15) is 19.3 Å². The lowest BCUT2D eigenvalue weighted by Crippen LogP contribution is -2.38. The first-order valence-electron chi connectivity index (χ1n) is 6.64. The third-order valence-corrected chi connectivity index (χ3v) is 5.23. The molecule has 0 unspecified atom stereocenters. The standard InChI is InChI=1S/C13H14F2N2O3S/c14-10-2-1-3-11(15)13(10)21(19,20)16-8-6-12(18)17(7-8)9-4-5-9/h1-3,8-9,16H,4-7H2/t8-/m0/s1. The summed E-state index contributed by atoms with van der Waals surface area (Å²) in [4.78, 5) is 12.4. The Morgan fingerprint density at radius 1 is 1.19 bits per heavy atom. The molecule has 1 amide bonds. The van der Waals surface area contributed by atoms with Crippen molar-refractivity contribution in [2.75, 3.05) is 6.54 Å². The molecule has 1 aromatic rings. The van der Waals surface area contributed by atoms with Gasteiger partial charge < -0.3 is 4.90 Å². The van der Waals surface area contributed by atoms with Gasteiger partial charge in [0.15, 0.2) is 4.90 Å². The second kappa shape index (κ2) is 5.03. The van der Waals surface area contributed by atoms with Crippen molar-refractivity contribution in [1.29, 1.82) is 0 Å². The van der Waals surface area contributed by atoms with Gasteiger partial charge in [-0.2, -0.15) is 0 Å². The molecule has 114 valence electrons. The average molecular weight is 316 g/mol. The van der Waals surface area contributed by atoms with Crippen molar-refractivity contribution < 1.29 is 22.0 Å². The zero-order chi connectivity index (χ0) is 15.2. The summed E-state index contributed by atoms with van der Waals surface area (Å²) in [5, 5.41) is 0. The van der Waals surface area contributed by atoms with Crippen molar-refractivity contribution >= 4 is 15.9 Å². The van der Waals surface area contributed by atoms with Crippen molar-refractivity contribution in [1.82, 2.24) is 9.62 Å². The van der Waals surface area contributed by atoms with E-state index in [9.17, 15) is 22.0 Å². The van der Waals surface area contributed by atoms with Crippen molar-refractivity contribution in [3.05, 3.63) is 29.8 Å². The molecular weight excluding hydrogens is 302 g/mol. The first-order valence-corrected chi connectivity index (χ1v) is 8.12. The van der Waals surface area contributed by atoms with E-state index in [4.69, 9.17) is 0 Å². The highest BCUT2D eigenvalue weighted by Crippen LogP contribution is 2.31. The molecule has 2 fully saturated rings. The van der Waals surface area contributed by atoms with Crippen LogP contribution < -0.4 is 4.72 Å². The number of rotatable bonds is 4. The SMILES string of the molecule is O=C1C[C@H](NS(=O)(=O)c2c(F)cccc2F)CN1C1CC1. The second-order valence-corrected chi connectivity index (χ2v) is 7.00. The Labute approximate surface area is 121 Å². The van der Waals surface area contributed by atoms with Crippen LogP contribution in [-0.2, 0) is 14.8 Å². The van der Waals surface area contributed by atoms with Crippen LogP contribution in [-0.4, -0.2) is 37.9 Å². The van der Waals surface area contributed by atoms with Gasteiger partial charge in [0.25, 0.3) is 0 Å². The predicted octanol–water partition coefficient (Wildman–Crippen LogP) is 1.01. The van der Waals surface area contributed by atoms with Gasteiger partial charge in [0.1, 0.15) is 11.6 Å². The number of benzene rings is 1. The minimum absolute atomic E-state index is 0.0196.